The van der Waals surface area contributed by atoms with E-state index in [1.165, 1.54) is 24.3 Å². The van der Waals surface area contributed by atoms with Gasteiger partial charge in [-0.1, -0.05) is 45.0 Å². The van der Waals surface area contributed by atoms with Crippen LogP contribution < -0.4 is 5.43 Å². The molecule has 1 heterocycles. The number of nitrogens with one attached hydrogen (secondary N) is 1. The van der Waals surface area contributed by atoms with Crippen LogP contribution >= 0.6 is 0 Å². The Morgan fingerprint density at radius 1 is 1.04 bits per heavy atom. The lowest BCUT2D eigenvalue weighted by molar-refractivity contribution is -0.384. The number of non-ortho nitro benzene ring substituents is 1. The standard InChI is InChI=1S/C21H20N4O3/c1-21(2,3)20(26)19(18-13-8-14-6-4-5-7-17(14)22-18)24-23-15-9-11-16(12-10-15)25(27)28/h4-13,23H,1-3H3/b24-19+. The van der Waals surface area contributed by atoms with Gasteiger partial charge in [0, 0.05) is 22.9 Å². The number of fused-ring (bicyclic) bond motifs is 1. The zero-order valence-electron chi connectivity index (χ0n) is 15.8. The summed E-state index contributed by atoms with van der Waals surface area (Å²) in [6.45, 7) is 5.45. The number of aromatic nitrogens is 1. The number of nitro benzene ring substituents is 1. The number of benzene rings is 2. The van der Waals surface area contributed by atoms with Crippen molar-refractivity contribution in [3.05, 3.63) is 76.5 Å². The highest BCUT2D eigenvalue weighted by atomic mass is 16.6. The van der Waals surface area contributed by atoms with Crippen molar-refractivity contribution in [3.8, 4) is 0 Å². The van der Waals surface area contributed by atoms with E-state index in [0.717, 1.165) is 10.9 Å². The van der Waals surface area contributed by atoms with E-state index in [2.05, 4.69) is 15.5 Å². The molecule has 0 unspecified atom stereocenters. The number of Topliss-reactive ketones (excluding diaryl/α,β-unsaturated/α-hetero) is 1. The number of hydrogen-bond donors (Lipinski definition) is 1. The lowest BCUT2D eigenvalue weighted by atomic mass is 9.87. The van der Waals surface area contributed by atoms with Crippen LogP contribution in [0.25, 0.3) is 10.9 Å². The number of para-hydroxylation sites is 1. The fourth-order valence-electron chi connectivity index (χ4n) is 2.56. The van der Waals surface area contributed by atoms with Crippen LogP contribution in [0.5, 0.6) is 0 Å². The van der Waals surface area contributed by atoms with Crippen molar-refractivity contribution in [2.75, 3.05) is 5.43 Å². The van der Waals surface area contributed by atoms with E-state index < -0.39 is 10.3 Å². The quantitative estimate of drug-likeness (QED) is 0.399. The molecule has 0 atom stereocenters. The van der Waals surface area contributed by atoms with Crippen LogP contribution in [0, 0.1) is 15.5 Å². The third kappa shape index (κ3) is 4.20. The molecule has 0 saturated heterocycles. The topological polar surface area (TPSA) is 97.5 Å². The molecule has 0 saturated carbocycles. The van der Waals surface area contributed by atoms with Gasteiger partial charge >= 0.3 is 0 Å². The summed E-state index contributed by atoms with van der Waals surface area (Å²) in [6, 6.07) is 17.1. The summed E-state index contributed by atoms with van der Waals surface area (Å²) in [5, 5.41) is 16.0. The summed E-state index contributed by atoms with van der Waals surface area (Å²) >= 11 is 0. The van der Waals surface area contributed by atoms with Crippen LogP contribution in [-0.4, -0.2) is 21.4 Å². The van der Waals surface area contributed by atoms with Crippen molar-refractivity contribution >= 4 is 33.8 Å². The third-order valence-corrected chi connectivity index (χ3v) is 4.11. The van der Waals surface area contributed by atoms with Gasteiger partial charge in [0.2, 0.25) is 0 Å². The maximum atomic E-state index is 13.0. The zero-order chi connectivity index (χ0) is 20.3. The van der Waals surface area contributed by atoms with E-state index >= 15 is 0 Å². The molecule has 0 aliphatic heterocycles. The second-order valence-electron chi connectivity index (χ2n) is 7.34. The van der Waals surface area contributed by atoms with Crippen molar-refractivity contribution in [2.45, 2.75) is 20.8 Å². The highest BCUT2D eigenvalue weighted by Gasteiger charge is 2.28. The third-order valence-electron chi connectivity index (χ3n) is 4.11. The van der Waals surface area contributed by atoms with E-state index in [0.29, 0.717) is 11.4 Å². The maximum absolute atomic E-state index is 13.0. The molecule has 0 bridgehead atoms. The molecule has 0 radical (unpaired) electrons. The Morgan fingerprint density at radius 2 is 1.71 bits per heavy atom. The molecule has 1 N–H and O–H groups in total. The highest BCUT2D eigenvalue weighted by Crippen LogP contribution is 2.21. The number of rotatable bonds is 5. The van der Waals surface area contributed by atoms with E-state index in [9.17, 15) is 14.9 Å². The van der Waals surface area contributed by atoms with Crippen LogP contribution in [0.3, 0.4) is 0 Å². The summed E-state index contributed by atoms with van der Waals surface area (Å²) in [5.74, 6) is -0.162. The van der Waals surface area contributed by atoms with Crippen LogP contribution in [0.1, 0.15) is 26.5 Å². The molecule has 0 fully saturated rings. The normalized spacial score (nSPS) is 12.0. The van der Waals surface area contributed by atoms with Crippen molar-refractivity contribution in [2.24, 2.45) is 10.5 Å². The van der Waals surface area contributed by atoms with E-state index in [1.807, 2.05) is 51.1 Å². The fourth-order valence-corrected chi connectivity index (χ4v) is 2.56. The van der Waals surface area contributed by atoms with Gasteiger partial charge in [0.25, 0.3) is 5.69 Å². The SMILES string of the molecule is CC(C)(C)C(=O)/C(=N/Nc1ccc([N+](=O)[O-])cc1)c1ccc2ccccc2n1. The smallest absolute Gasteiger partial charge is 0.269 e. The van der Waals surface area contributed by atoms with Gasteiger partial charge in [-0.25, -0.2) is 4.98 Å². The molecule has 3 rings (SSSR count). The molecule has 0 amide bonds. The number of carbonyl (C=O) groups is 1. The van der Waals surface area contributed by atoms with E-state index in [-0.39, 0.29) is 17.2 Å². The van der Waals surface area contributed by atoms with Crippen molar-refractivity contribution in [1.82, 2.24) is 4.98 Å². The molecule has 0 aliphatic carbocycles. The average Bonchev–Trinajstić information content (AvgIpc) is 2.67. The summed E-state index contributed by atoms with van der Waals surface area (Å²) in [5.41, 5.74) is 4.12. The zero-order valence-corrected chi connectivity index (χ0v) is 15.8. The monoisotopic (exact) mass is 376 g/mol. The Kier molecular flexibility index (Phi) is 5.17. The number of hydrogen-bond acceptors (Lipinski definition) is 6. The average molecular weight is 376 g/mol. The van der Waals surface area contributed by atoms with Crippen molar-refractivity contribution in [1.29, 1.82) is 0 Å². The second-order valence-corrected chi connectivity index (χ2v) is 7.34. The van der Waals surface area contributed by atoms with E-state index in [1.54, 1.807) is 6.07 Å². The van der Waals surface area contributed by atoms with Gasteiger partial charge in [0.05, 0.1) is 21.8 Å². The minimum absolute atomic E-state index is 0.0169. The molecule has 0 spiro atoms. The van der Waals surface area contributed by atoms with Crippen molar-refractivity contribution < 1.29 is 9.72 Å². The molecule has 7 nitrogen and oxygen atoms in total. The number of pyridine rings is 1. The predicted molar refractivity (Wildman–Crippen MR) is 109 cm³/mol. The Bertz CT molecular complexity index is 1070. The Hall–Kier alpha value is -3.61. The van der Waals surface area contributed by atoms with Crippen LogP contribution in [0.15, 0.2) is 65.8 Å². The first-order valence-corrected chi connectivity index (χ1v) is 8.75. The first kappa shape index (κ1) is 19.2. The van der Waals surface area contributed by atoms with Crippen molar-refractivity contribution in [3.63, 3.8) is 0 Å². The molecular weight excluding hydrogens is 356 g/mol. The maximum Gasteiger partial charge on any atom is 0.269 e. The lowest BCUT2D eigenvalue weighted by Crippen LogP contribution is -2.30. The molecule has 1 aromatic heterocycles. The summed E-state index contributed by atoms with van der Waals surface area (Å²) in [7, 11) is 0. The minimum atomic E-state index is -0.649. The van der Waals surface area contributed by atoms with E-state index in [4.69, 9.17) is 0 Å². The molecule has 7 heteroatoms. The fraction of sp³-hybridized carbons (Fsp3) is 0.190. The molecular formula is C21H20N4O3. The molecule has 142 valence electrons. The second kappa shape index (κ2) is 7.56. The highest BCUT2D eigenvalue weighted by molar-refractivity contribution is 6.47. The molecule has 3 aromatic rings. The minimum Gasteiger partial charge on any atom is -0.292 e. The number of nitro groups is 1. The Balaban J connectivity index is 1.99. The van der Waals surface area contributed by atoms with Gasteiger partial charge in [0.1, 0.15) is 0 Å². The first-order valence-electron chi connectivity index (χ1n) is 8.75. The van der Waals surface area contributed by atoms with Gasteiger partial charge in [-0.3, -0.25) is 20.3 Å². The summed E-state index contributed by atoms with van der Waals surface area (Å²) in [4.78, 5) is 27.8. The summed E-state index contributed by atoms with van der Waals surface area (Å²) < 4.78 is 0. The van der Waals surface area contributed by atoms with Gasteiger partial charge in [0.15, 0.2) is 11.5 Å². The lowest BCUT2D eigenvalue weighted by Gasteiger charge is -2.18. The predicted octanol–water partition coefficient (Wildman–Crippen LogP) is 4.57. The first-order chi connectivity index (χ1) is 13.3. The van der Waals surface area contributed by atoms with Gasteiger partial charge in [-0.15, -0.1) is 0 Å². The largest absolute Gasteiger partial charge is 0.292 e. The molecule has 2 aromatic carbocycles. The Labute approximate surface area is 162 Å². The van der Waals surface area contributed by atoms with Crippen LogP contribution in [0.2, 0.25) is 0 Å². The number of nitrogens with zero attached hydrogens (tertiary/aromatic N) is 3. The van der Waals surface area contributed by atoms with Gasteiger partial charge in [-0.2, -0.15) is 5.10 Å². The number of ketones is 1. The number of hydrazone groups is 1. The van der Waals surface area contributed by atoms with Gasteiger partial charge in [-0.05, 0) is 24.3 Å². The molecule has 0 aliphatic rings. The Morgan fingerprint density at radius 3 is 2.36 bits per heavy atom. The van der Waals surface area contributed by atoms with Crippen LogP contribution in [0.4, 0.5) is 11.4 Å². The summed E-state index contributed by atoms with van der Waals surface area (Å²) in [6.07, 6.45) is 0. The number of carbonyl (C=O) groups excluding carboxylic acids is 1. The molecule has 28 heavy (non-hydrogen) atoms. The van der Waals surface area contributed by atoms with Gasteiger partial charge < -0.3 is 0 Å². The van der Waals surface area contributed by atoms with Crippen LogP contribution in [-0.2, 0) is 4.79 Å². The number of anilines is 1.